The van der Waals surface area contributed by atoms with Crippen LogP contribution in [0, 0.1) is 12.3 Å². The number of carbonyl (C=O) groups excluding carboxylic acids is 2. The molecule has 0 bridgehead atoms. The van der Waals surface area contributed by atoms with Gasteiger partial charge in [0.1, 0.15) is 5.75 Å². The summed E-state index contributed by atoms with van der Waals surface area (Å²) in [6, 6.07) is 12.6. The van der Waals surface area contributed by atoms with Crippen LogP contribution in [0.2, 0.25) is 10.0 Å². The molecular formula is C27H32Cl2N2O3. The molecule has 2 aliphatic rings. The molecule has 2 fully saturated rings. The molecule has 0 spiro atoms. The topological polar surface area (TPSA) is 49.9 Å². The van der Waals surface area contributed by atoms with Gasteiger partial charge >= 0.3 is 0 Å². The monoisotopic (exact) mass is 502 g/mol. The van der Waals surface area contributed by atoms with Gasteiger partial charge in [0.05, 0.1) is 6.61 Å². The van der Waals surface area contributed by atoms with Gasteiger partial charge in [-0.05, 0) is 81.0 Å². The molecule has 2 aromatic rings. The van der Waals surface area contributed by atoms with Crippen molar-refractivity contribution in [3.63, 3.8) is 0 Å². The van der Waals surface area contributed by atoms with Gasteiger partial charge in [0.15, 0.2) is 0 Å². The van der Waals surface area contributed by atoms with Crippen molar-refractivity contribution >= 4 is 35.0 Å². The molecule has 182 valence electrons. The maximum atomic E-state index is 13.3. The highest BCUT2D eigenvalue weighted by molar-refractivity contribution is 6.31. The van der Waals surface area contributed by atoms with Gasteiger partial charge in [0.25, 0.3) is 5.91 Å². The van der Waals surface area contributed by atoms with E-state index in [2.05, 4.69) is 0 Å². The zero-order chi connectivity index (χ0) is 24.1. The minimum atomic E-state index is -0.450. The second kappa shape index (κ2) is 11.0. The Morgan fingerprint density at radius 1 is 0.971 bits per heavy atom. The van der Waals surface area contributed by atoms with Crippen molar-refractivity contribution in [3.8, 4) is 5.75 Å². The van der Waals surface area contributed by atoms with Crippen molar-refractivity contribution in [2.45, 2.75) is 45.4 Å². The first-order valence-electron chi connectivity index (χ1n) is 12.1. The van der Waals surface area contributed by atoms with E-state index in [9.17, 15) is 9.59 Å². The number of benzene rings is 2. The molecule has 2 aliphatic heterocycles. The average molecular weight is 503 g/mol. The molecule has 2 saturated heterocycles. The molecule has 0 aromatic heterocycles. The first kappa shape index (κ1) is 24.9. The number of rotatable bonds is 6. The van der Waals surface area contributed by atoms with Crippen LogP contribution in [0.3, 0.4) is 0 Å². The molecule has 0 aliphatic carbocycles. The Hall–Kier alpha value is -2.24. The minimum absolute atomic E-state index is 0.0562. The maximum absolute atomic E-state index is 13.3. The summed E-state index contributed by atoms with van der Waals surface area (Å²) in [5.74, 6) is 0.831. The summed E-state index contributed by atoms with van der Waals surface area (Å²) in [5.41, 5.74) is 1.06. The molecule has 34 heavy (non-hydrogen) atoms. The number of amides is 2. The summed E-state index contributed by atoms with van der Waals surface area (Å²) in [5, 5.41) is 1.23. The quantitative estimate of drug-likeness (QED) is 0.486. The van der Waals surface area contributed by atoms with Crippen LogP contribution in [0.25, 0.3) is 0 Å². The van der Waals surface area contributed by atoms with Crippen LogP contribution in [-0.4, -0.2) is 54.4 Å². The number of carbonyl (C=O) groups is 2. The van der Waals surface area contributed by atoms with E-state index < -0.39 is 5.41 Å². The van der Waals surface area contributed by atoms with Crippen molar-refractivity contribution in [2.24, 2.45) is 5.41 Å². The molecule has 2 amide bonds. The Bertz CT molecular complexity index is 1040. The number of ether oxygens (including phenoxy) is 1. The number of likely N-dealkylation sites (tertiary alicyclic amines) is 2. The zero-order valence-electron chi connectivity index (χ0n) is 19.7. The standard InChI is InChI=1S/C27H32Cl2N2O3/c1-20-15-23(9-10-24(20)29)34-19-27(17-25(32)30-12-3-2-4-13-30)11-6-14-31(18-27)26(33)21-7-5-8-22(28)16-21/h5,7-10,15-16H,2-4,6,11-14,17-19H2,1H3/t27-/m0/s1. The summed E-state index contributed by atoms with van der Waals surface area (Å²) in [6.45, 7) is 5.08. The van der Waals surface area contributed by atoms with Crippen LogP contribution < -0.4 is 4.74 Å². The fourth-order valence-corrected chi connectivity index (χ4v) is 5.33. The van der Waals surface area contributed by atoms with Crippen LogP contribution in [0.1, 0.15) is 54.4 Å². The molecule has 0 radical (unpaired) electrons. The maximum Gasteiger partial charge on any atom is 0.253 e. The van der Waals surface area contributed by atoms with Crippen LogP contribution in [-0.2, 0) is 4.79 Å². The van der Waals surface area contributed by atoms with E-state index in [1.165, 1.54) is 6.42 Å². The van der Waals surface area contributed by atoms with E-state index in [0.717, 1.165) is 50.1 Å². The second-order valence-corrected chi connectivity index (χ2v) is 10.5. The van der Waals surface area contributed by atoms with Crippen molar-refractivity contribution in [1.29, 1.82) is 0 Å². The number of piperidine rings is 2. The van der Waals surface area contributed by atoms with E-state index in [4.69, 9.17) is 27.9 Å². The van der Waals surface area contributed by atoms with Crippen molar-refractivity contribution in [2.75, 3.05) is 32.8 Å². The van der Waals surface area contributed by atoms with Gasteiger partial charge < -0.3 is 14.5 Å². The third-order valence-corrected chi connectivity index (χ3v) is 7.59. The molecule has 7 heteroatoms. The number of aryl methyl sites for hydroxylation is 1. The molecule has 2 heterocycles. The Labute approximate surface area is 212 Å². The SMILES string of the molecule is Cc1cc(OC[C@]2(CC(=O)N3CCCCC3)CCCN(C(=O)c3cccc(Cl)c3)C2)ccc1Cl. The highest BCUT2D eigenvalue weighted by atomic mass is 35.5. The molecule has 0 N–H and O–H groups in total. The first-order chi connectivity index (χ1) is 16.3. The molecule has 0 unspecified atom stereocenters. The normalized spacial score (nSPS) is 20.8. The highest BCUT2D eigenvalue weighted by Gasteiger charge is 2.41. The lowest BCUT2D eigenvalue weighted by molar-refractivity contribution is -0.136. The molecule has 1 atom stereocenters. The lowest BCUT2D eigenvalue weighted by Gasteiger charge is -2.43. The van der Waals surface area contributed by atoms with Crippen LogP contribution in [0.5, 0.6) is 5.75 Å². The van der Waals surface area contributed by atoms with Crippen molar-refractivity contribution in [1.82, 2.24) is 9.80 Å². The molecule has 0 saturated carbocycles. The minimum Gasteiger partial charge on any atom is -0.493 e. The summed E-state index contributed by atoms with van der Waals surface area (Å²) in [6.07, 6.45) is 5.31. The van der Waals surface area contributed by atoms with Crippen molar-refractivity contribution in [3.05, 3.63) is 63.6 Å². The lowest BCUT2D eigenvalue weighted by atomic mass is 9.77. The molecule has 5 nitrogen and oxygen atoms in total. The van der Waals surface area contributed by atoms with E-state index in [1.54, 1.807) is 24.3 Å². The molecular weight excluding hydrogens is 471 g/mol. The summed E-state index contributed by atoms with van der Waals surface area (Å²) in [7, 11) is 0. The predicted octanol–water partition coefficient (Wildman–Crippen LogP) is 6.01. The summed E-state index contributed by atoms with van der Waals surface area (Å²) >= 11 is 12.3. The zero-order valence-corrected chi connectivity index (χ0v) is 21.2. The van der Waals surface area contributed by atoms with Crippen LogP contribution in [0.15, 0.2) is 42.5 Å². The number of hydrogen-bond acceptors (Lipinski definition) is 3. The molecule has 2 aromatic carbocycles. The fourth-order valence-electron chi connectivity index (χ4n) is 5.02. The number of hydrogen-bond donors (Lipinski definition) is 0. The largest absolute Gasteiger partial charge is 0.493 e. The molecule has 4 rings (SSSR count). The van der Waals surface area contributed by atoms with Gasteiger partial charge in [-0.1, -0.05) is 29.3 Å². The van der Waals surface area contributed by atoms with Gasteiger partial charge in [-0.15, -0.1) is 0 Å². The van der Waals surface area contributed by atoms with E-state index >= 15 is 0 Å². The van der Waals surface area contributed by atoms with Gasteiger partial charge in [-0.25, -0.2) is 0 Å². The van der Waals surface area contributed by atoms with Crippen LogP contribution >= 0.6 is 23.2 Å². The van der Waals surface area contributed by atoms with Crippen molar-refractivity contribution < 1.29 is 14.3 Å². The Morgan fingerprint density at radius 3 is 2.47 bits per heavy atom. The third kappa shape index (κ3) is 6.05. The Kier molecular flexibility index (Phi) is 8.05. The lowest BCUT2D eigenvalue weighted by Crippen LogP contribution is -2.51. The van der Waals surface area contributed by atoms with Gasteiger partial charge in [0.2, 0.25) is 5.91 Å². The average Bonchev–Trinajstić information content (AvgIpc) is 2.85. The van der Waals surface area contributed by atoms with E-state index in [-0.39, 0.29) is 11.8 Å². The predicted molar refractivity (Wildman–Crippen MR) is 136 cm³/mol. The summed E-state index contributed by atoms with van der Waals surface area (Å²) < 4.78 is 6.24. The van der Waals surface area contributed by atoms with Gasteiger partial charge in [-0.2, -0.15) is 0 Å². The van der Waals surface area contributed by atoms with E-state index in [0.29, 0.717) is 41.7 Å². The number of nitrogens with zero attached hydrogens (tertiary/aromatic N) is 2. The third-order valence-electron chi connectivity index (χ3n) is 6.93. The van der Waals surface area contributed by atoms with Gasteiger partial charge in [0, 0.05) is 53.6 Å². The second-order valence-electron chi connectivity index (χ2n) is 9.66. The first-order valence-corrected chi connectivity index (χ1v) is 12.8. The van der Waals surface area contributed by atoms with Crippen LogP contribution in [0.4, 0.5) is 0 Å². The number of halogens is 2. The highest BCUT2D eigenvalue weighted by Crippen LogP contribution is 2.36. The van der Waals surface area contributed by atoms with E-state index in [1.807, 2.05) is 34.9 Å². The fraction of sp³-hybridized carbons (Fsp3) is 0.481. The Balaban J connectivity index is 1.54. The summed E-state index contributed by atoms with van der Waals surface area (Å²) in [4.78, 5) is 30.4. The Morgan fingerprint density at radius 2 is 1.74 bits per heavy atom. The smallest absolute Gasteiger partial charge is 0.253 e. The van der Waals surface area contributed by atoms with Gasteiger partial charge in [-0.3, -0.25) is 9.59 Å².